The number of phenols is 1. The van der Waals surface area contributed by atoms with Crippen LogP contribution in [0.5, 0.6) is 5.75 Å². The van der Waals surface area contributed by atoms with Gasteiger partial charge in [-0.15, -0.1) is 0 Å². The first-order valence-electron chi connectivity index (χ1n) is 26.6. The van der Waals surface area contributed by atoms with Gasteiger partial charge in [-0.3, -0.25) is 39.3 Å². The third-order valence-electron chi connectivity index (χ3n) is 18.4. The van der Waals surface area contributed by atoms with Crippen molar-refractivity contribution in [3.05, 3.63) is 75.5 Å². The molecule has 4 saturated carbocycles. The summed E-state index contributed by atoms with van der Waals surface area (Å²) in [6.45, 7) is 12.8. The molecule has 0 radical (unpaired) electrons. The van der Waals surface area contributed by atoms with Crippen LogP contribution in [-0.2, 0) is 20.9 Å². The summed E-state index contributed by atoms with van der Waals surface area (Å²) >= 11 is 0. The van der Waals surface area contributed by atoms with Crippen molar-refractivity contribution in [1.82, 2.24) is 25.7 Å². The standard InChI is InChI=1S/C56H78N6O8/c1-6-7-42(50(64)19-13-38-12-17-45-43-16-11-39-30-41(63)20-24-56(39,5)46(43)21-25-55(38,45)4)37-10-18-51(65)44(29-37)47-31-48(60-59-47)54(68)57-32-49(52(66)28-34(2)3)58-53(67)36-22-26-61(27-23-36)33-35-8-14-40(15-9-35)62(69)70/h8-10,14-15,18,29,31,34,36,38-39,41-43,45-46,49,63,65H,6-7,11-13,16-17,19-28,30,32-33H2,1-5H3,(H,57,68)(H,58,67)(H,59,60). The summed E-state index contributed by atoms with van der Waals surface area (Å²) in [4.78, 5) is 67.7. The number of nitro groups is 1. The van der Waals surface area contributed by atoms with Gasteiger partial charge in [0.25, 0.3) is 11.6 Å². The summed E-state index contributed by atoms with van der Waals surface area (Å²) < 4.78 is 0. The molecule has 8 rings (SSSR count). The number of carbonyl (C=O) groups excluding carboxylic acids is 4. The predicted molar refractivity (Wildman–Crippen MR) is 269 cm³/mol. The van der Waals surface area contributed by atoms with Crippen LogP contribution in [0.3, 0.4) is 0 Å². The number of hydrogen-bond donors (Lipinski definition) is 5. The van der Waals surface area contributed by atoms with E-state index in [0.717, 1.165) is 55.1 Å². The van der Waals surface area contributed by atoms with E-state index >= 15 is 0 Å². The van der Waals surface area contributed by atoms with Gasteiger partial charge in [-0.2, -0.15) is 5.10 Å². The number of piperidine rings is 1. The Hall–Kier alpha value is -4.95. The highest BCUT2D eigenvalue weighted by atomic mass is 16.6. The number of nitro benzene ring substituents is 1. The Morgan fingerprint density at radius 2 is 1.64 bits per heavy atom. The molecule has 1 saturated heterocycles. The molecule has 5 N–H and O–H groups in total. The van der Waals surface area contributed by atoms with Crippen molar-refractivity contribution in [3.8, 4) is 17.0 Å². The molecule has 5 aliphatic rings. The molecule has 14 nitrogen and oxygen atoms in total. The van der Waals surface area contributed by atoms with Gasteiger partial charge in [-0.05, 0) is 172 Å². The number of phenolic OH excluding ortho intramolecular Hbond substituents is 1. The maximum absolute atomic E-state index is 14.3. The first-order valence-corrected chi connectivity index (χ1v) is 26.6. The van der Waals surface area contributed by atoms with Crippen molar-refractivity contribution in [2.45, 2.75) is 162 Å². The van der Waals surface area contributed by atoms with E-state index in [4.69, 9.17) is 0 Å². The normalized spacial score (nSPS) is 28.8. The molecule has 380 valence electrons. The molecule has 3 aromatic rings. The lowest BCUT2D eigenvalue weighted by atomic mass is 9.44. The van der Waals surface area contributed by atoms with Gasteiger partial charge in [-0.25, -0.2) is 0 Å². The summed E-state index contributed by atoms with van der Waals surface area (Å²) in [5.74, 6) is 2.09. The van der Waals surface area contributed by atoms with Crippen LogP contribution in [0.25, 0.3) is 11.3 Å². The van der Waals surface area contributed by atoms with Gasteiger partial charge in [0.05, 0.1) is 16.7 Å². The molecular formula is C56H78N6O8. The number of aromatic nitrogens is 2. The summed E-state index contributed by atoms with van der Waals surface area (Å²) in [6.07, 6.45) is 14.8. The van der Waals surface area contributed by atoms with Crippen molar-refractivity contribution in [2.75, 3.05) is 19.6 Å². The van der Waals surface area contributed by atoms with Gasteiger partial charge in [0.1, 0.15) is 23.3 Å². The van der Waals surface area contributed by atoms with E-state index in [1.54, 1.807) is 24.3 Å². The molecule has 14 heteroatoms. The Bertz CT molecular complexity index is 2360. The average Bonchev–Trinajstić information content (AvgIpc) is 3.97. The second-order valence-corrected chi connectivity index (χ2v) is 23.0. The number of rotatable bonds is 19. The van der Waals surface area contributed by atoms with E-state index < -0.39 is 16.9 Å². The monoisotopic (exact) mass is 963 g/mol. The highest BCUT2D eigenvalue weighted by molar-refractivity contribution is 5.95. The smallest absolute Gasteiger partial charge is 0.269 e. The minimum absolute atomic E-state index is 0.0167. The first-order chi connectivity index (χ1) is 33.5. The number of fused-ring (bicyclic) bond motifs is 5. The minimum atomic E-state index is -0.928. The number of H-pyrrole nitrogens is 1. The van der Waals surface area contributed by atoms with Crippen LogP contribution < -0.4 is 10.6 Å². The molecule has 4 aliphatic carbocycles. The maximum atomic E-state index is 14.3. The topological polar surface area (TPSA) is 208 Å². The van der Waals surface area contributed by atoms with E-state index in [2.05, 4.69) is 46.5 Å². The van der Waals surface area contributed by atoms with Crippen molar-refractivity contribution < 1.29 is 34.3 Å². The van der Waals surface area contributed by atoms with Crippen LogP contribution in [0, 0.1) is 62.4 Å². The van der Waals surface area contributed by atoms with Gasteiger partial charge in [0.15, 0.2) is 5.78 Å². The van der Waals surface area contributed by atoms with E-state index in [9.17, 15) is 39.5 Å². The van der Waals surface area contributed by atoms with Gasteiger partial charge >= 0.3 is 0 Å². The fourth-order valence-corrected chi connectivity index (χ4v) is 14.4. The minimum Gasteiger partial charge on any atom is -0.507 e. The average molecular weight is 963 g/mol. The second-order valence-electron chi connectivity index (χ2n) is 23.0. The number of carbonyl (C=O) groups is 4. The zero-order chi connectivity index (χ0) is 49.9. The molecule has 10 atom stereocenters. The van der Waals surface area contributed by atoms with E-state index in [-0.39, 0.29) is 76.8 Å². The molecule has 1 aromatic heterocycles. The summed E-state index contributed by atoms with van der Waals surface area (Å²) in [7, 11) is 0. The summed E-state index contributed by atoms with van der Waals surface area (Å²) in [6, 6.07) is 12.4. The molecule has 2 heterocycles. The molecule has 2 aromatic carbocycles. The Morgan fingerprint density at radius 1 is 0.914 bits per heavy atom. The fourth-order valence-electron chi connectivity index (χ4n) is 14.4. The third-order valence-corrected chi connectivity index (χ3v) is 18.4. The Balaban J connectivity index is 0.860. The maximum Gasteiger partial charge on any atom is 0.269 e. The number of aliphatic hydroxyl groups is 1. The van der Waals surface area contributed by atoms with Gasteiger partial charge < -0.3 is 20.8 Å². The van der Waals surface area contributed by atoms with Gasteiger partial charge in [0.2, 0.25) is 5.91 Å². The van der Waals surface area contributed by atoms with E-state index in [1.165, 1.54) is 50.7 Å². The highest BCUT2D eigenvalue weighted by Crippen LogP contribution is 2.68. The molecular weight excluding hydrogens is 885 g/mol. The highest BCUT2D eigenvalue weighted by Gasteiger charge is 2.60. The number of nitrogens with zero attached hydrogens (tertiary/aromatic N) is 3. The lowest BCUT2D eigenvalue weighted by molar-refractivity contribution is -0.384. The second kappa shape index (κ2) is 21.8. The molecule has 0 spiro atoms. The summed E-state index contributed by atoms with van der Waals surface area (Å²) in [5, 5.41) is 45.6. The number of non-ortho nitro benzene ring substituents is 1. The zero-order valence-corrected chi connectivity index (χ0v) is 42.2. The number of benzene rings is 2. The van der Waals surface area contributed by atoms with Crippen LogP contribution in [0.1, 0.15) is 165 Å². The molecule has 70 heavy (non-hydrogen) atoms. The van der Waals surface area contributed by atoms with Crippen molar-refractivity contribution >= 4 is 29.1 Å². The van der Waals surface area contributed by atoms with Crippen molar-refractivity contribution in [3.63, 3.8) is 0 Å². The van der Waals surface area contributed by atoms with Crippen molar-refractivity contribution in [2.24, 2.45) is 52.3 Å². The first kappa shape index (κ1) is 51.4. The number of Topliss-reactive ketones (excluding diaryl/α,β-unsaturated/α-hetero) is 2. The number of amides is 2. The lowest BCUT2D eigenvalue weighted by Crippen LogP contribution is -2.53. The molecule has 5 fully saturated rings. The van der Waals surface area contributed by atoms with Gasteiger partial charge in [-0.1, -0.05) is 59.2 Å². The van der Waals surface area contributed by atoms with E-state index in [0.29, 0.717) is 79.7 Å². The number of aliphatic hydroxyl groups excluding tert-OH is 1. The van der Waals surface area contributed by atoms with Crippen LogP contribution in [0.15, 0.2) is 48.5 Å². The Labute approximate surface area is 414 Å². The van der Waals surface area contributed by atoms with Crippen LogP contribution in [-0.4, -0.2) is 85.4 Å². The quantitative estimate of drug-likeness (QED) is 0.0568. The zero-order valence-electron chi connectivity index (χ0n) is 42.2. The number of ketones is 2. The van der Waals surface area contributed by atoms with Crippen LogP contribution in [0.2, 0.25) is 0 Å². The molecule has 0 bridgehead atoms. The number of likely N-dealkylation sites (tertiary alicyclic amines) is 1. The third kappa shape index (κ3) is 11.1. The fraction of sp³-hybridized carbons (Fsp3) is 0.661. The number of aromatic amines is 1. The van der Waals surface area contributed by atoms with Crippen LogP contribution >= 0.6 is 0 Å². The molecule has 2 amide bonds. The SMILES string of the molecule is CCCC(C(=O)CCC1CCC2C3CCC4CC(O)CCC4(C)C3CCC12C)c1ccc(O)c(-c2cc(C(=O)NCC(NC(=O)C3CCN(Cc4ccc([N+](=O)[O-])cc4)CC3)C(=O)CC(C)C)[nH]n2)c1. The number of aromatic hydroxyl groups is 1. The Kier molecular flexibility index (Phi) is 16.0. The molecule has 1 aliphatic heterocycles. The van der Waals surface area contributed by atoms with E-state index in [1.807, 2.05) is 26.0 Å². The predicted octanol–water partition coefficient (Wildman–Crippen LogP) is 9.69. The van der Waals surface area contributed by atoms with Crippen LogP contribution in [0.4, 0.5) is 5.69 Å². The Morgan fingerprint density at radius 3 is 2.36 bits per heavy atom. The van der Waals surface area contributed by atoms with Gasteiger partial charge in [0, 0.05) is 55.5 Å². The van der Waals surface area contributed by atoms with Crippen molar-refractivity contribution in [1.29, 1.82) is 0 Å². The summed E-state index contributed by atoms with van der Waals surface area (Å²) in [5.41, 5.74) is 3.31. The number of nitrogens with one attached hydrogen (secondary N) is 3. The largest absolute Gasteiger partial charge is 0.507 e. The lowest BCUT2D eigenvalue weighted by Gasteiger charge is -2.61. The molecule has 10 unspecified atom stereocenters. The number of hydrogen-bond acceptors (Lipinski definition) is 10.